The van der Waals surface area contributed by atoms with Gasteiger partial charge in [-0.05, 0) is 30.0 Å². The normalized spacial score (nSPS) is 19.0. The van der Waals surface area contributed by atoms with Gasteiger partial charge in [-0.3, -0.25) is 4.99 Å². The van der Waals surface area contributed by atoms with Crippen LogP contribution in [0.5, 0.6) is 0 Å². The van der Waals surface area contributed by atoms with E-state index in [9.17, 15) is 0 Å². The van der Waals surface area contributed by atoms with Gasteiger partial charge in [0.25, 0.3) is 0 Å². The molecule has 2 aromatic carbocycles. The first kappa shape index (κ1) is 18.8. The number of rotatable bonds is 5. The Labute approximate surface area is 171 Å². The number of aromatic nitrogens is 1. The van der Waals surface area contributed by atoms with Gasteiger partial charge in [0, 0.05) is 42.7 Å². The van der Waals surface area contributed by atoms with Crippen molar-refractivity contribution in [3.63, 3.8) is 0 Å². The molecular formula is C21H25IN4. The second-order valence-electron chi connectivity index (χ2n) is 6.61. The summed E-state index contributed by atoms with van der Waals surface area (Å²) in [5, 5.41) is 8.28. The zero-order chi connectivity index (χ0) is 17.1. The summed E-state index contributed by atoms with van der Waals surface area (Å²) in [6.07, 6.45) is 4.25. The summed E-state index contributed by atoms with van der Waals surface area (Å²) in [5.74, 6) is 1.50. The Morgan fingerprint density at radius 2 is 1.88 bits per heavy atom. The van der Waals surface area contributed by atoms with Crippen LogP contribution in [0.15, 0.2) is 65.8 Å². The first-order valence-electron chi connectivity index (χ1n) is 8.92. The van der Waals surface area contributed by atoms with Crippen molar-refractivity contribution in [3.05, 3.63) is 71.9 Å². The predicted octanol–water partition coefficient (Wildman–Crippen LogP) is 4.05. The first-order chi connectivity index (χ1) is 12.3. The number of benzene rings is 2. The molecule has 0 radical (unpaired) electrons. The molecule has 0 bridgehead atoms. The number of H-pyrrole nitrogens is 1. The Kier molecular flexibility index (Phi) is 6.19. The monoisotopic (exact) mass is 460 g/mol. The lowest BCUT2D eigenvalue weighted by molar-refractivity contribution is 0.781. The van der Waals surface area contributed by atoms with E-state index in [1.165, 1.54) is 28.5 Å². The Morgan fingerprint density at radius 3 is 2.69 bits per heavy atom. The molecule has 4 nitrogen and oxygen atoms in total. The van der Waals surface area contributed by atoms with E-state index < -0.39 is 0 Å². The second kappa shape index (κ2) is 8.58. The van der Waals surface area contributed by atoms with Crippen molar-refractivity contribution in [2.45, 2.75) is 24.8 Å². The number of para-hydroxylation sites is 1. The van der Waals surface area contributed by atoms with E-state index in [1.54, 1.807) is 0 Å². The predicted molar refractivity (Wildman–Crippen MR) is 120 cm³/mol. The highest BCUT2D eigenvalue weighted by molar-refractivity contribution is 14.0. The summed E-state index contributed by atoms with van der Waals surface area (Å²) in [6, 6.07) is 19.6. The van der Waals surface area contributed by atoms with E-state index >= 15 is 0 Å². The van der Waals surface area contributed by atoms with Crippen LogP contribution >= 0.6 is 24.0 Å². The molecule has 0 spiro atoms. The molecule has 1 aliphatic rings. The number of aromatic amines is 1. The maximum absolute atomic E-state index is 4.36. The minimum Gasteiger partial charge on any atom is -0.361 e. The van der Waals surface area contributed by atoms with Crippen molar-refractivity contribution in [2.75, 3.05) is 13.6 Å². The number of nitrogens with one attached hydrogen (secondary N) is 3. The van der Waals surface area contributed by atoms with Gasteiger partial charge in [0.1, 0.15) is 0 Å². The van der Waals surface area contributed by atoms with Crippen LogP contribution < -0.4 is 10.6 Å². The largest absolute Gasteiger partial charge is 0.361 e. The number of nitrogens with zero attached hydrogens (tertiary/aromatic N) is 1. The summed E-state index contributed by atoms with van der Waals surface area (Å²) in [5.41, 5.74) is 3.95. The maximum Gasteiger partial charge on any atom is 0.191 e. The fourth-order valence-electron chi connectivity index (χ4n) is 3.45. The SMILES string of the molecule is CN=C(NCCc1c[nH]c2ccccc12)NC1CC1c1ccccc1.I. The number of halogens is 1. The molecule has 136 valence electrons. The minimum absolute atomic E-state index is 0. The van der Waals surface area contributed by atoms with Crippen LogP contribution in [0, 0.1) is 0 Å². The summed E-state index contributed by atoms with van der Waals surface area (Å²) in [6.45, 7) is 0.865. The minimum atomic E-state index is 0. The molecule has 0 aliphatic heterocycles. The summed E-state index contributed by atoms with van der Waals surface area (Å²) in [4.78, 5) is 7.70. The van der Waals surface area contributed by atoms with Crippen LogP contribution in [0.1, 0.15) is 23.5 Å². The number of guanidine groups is 1. The highest BCUT2D eigenvalue weighted by atomic mass is 127. The van der Waals surface area contributed by atoms with Crippen LogP contribution in [0.25, 0.3) is 10.9 Å². The van der Waals surface area contributed by atoms with Gasteiger partial charge in [0.15, 0.2) is 5.96 Å². The second-order valence-corrected chi connectivity index (χ2v) is 6.61. The smallest absolute Gasteiger partial charge is 0.191 e. The average Bonchev–Trinajstić information content (AvgIpc) is 3.32. The highest BCUT2D eigenvalue weighted by Crippen LogP contribution is 2.40. The third kappa shape index (κ3) is 4.20. The third-order valence-electron chi connectivity index (χ3n) is 4.93. The van der Waals surface area contributed by atoms with Crippen molar-refractivity contribution >= 4 is 40.8 Å². The van der Waals surface area contributed by atoms with E-state index in [4.69, 9.17) is 0 Å². The highest BCUT2D eigenvalue weighted by Gasteiger charge is 2.38. The molecule has 2 atom stereocenters. The molecule has 0 saturated heterocycles. The van der Waals surface area contributed by atoms with E-state index in [0.29, 0.717) is 12.0 Å². The van der Waals surface area contributed by atoms with Gasteiger partial charge in [0.05, 0.1) is 0 Å². The van der Waals surface area contributed by atoms with E-state index in [1.807, 2.05) is 7.05 Å². The molecule has 2 unspecified atom stereocenters. The zero-order valence-electron chi connectivity index (χ0n) is 14.9. The molecule has 1 aliphatic carbocycles. The number of hydrogen-bond acceptors (Lipinski definition) is 1. The van der Waals surface area contributed by atoms with Crippen LogP contribution in [-0.2, 0) is 6.42 Å². The lowest BCUT2D eigenvalue weighted by Gasteiger charge is -2.11. The molecule has 0 amide bonds. The Bertz CT molecular complexity index is 872. The van der Waals surface area contributed by atoms with E-state index in [-0.39, 0.29) is 24.0 Å². The van der Waals surface area contributed by atoms with Crippen LogP contribution in [0.4, 0.5) is 0 Å². The van der Waals surface area contributed by atoms with Gasteiger partial charge < -0.3 is 15.6 Å². The van der Waals surface area contributed by atoms with Crippen LogP contribution in [0.3, 0.4) is 0 Å². The number of fused-ring (bicyclic) bond motifs is 1. The van der Waals surface area contributed by atoms with Crippen molar-refractivity contribution in [1.82, 2.24) is 15.6 Å². The fourth-order valence-corrected chi connectivity index (χ4v) is 3.45. The summed E-state index contributed by atoms with van der Waals surface area (Å²) >= 11 is 0. The van der Waals surface area contributed by atoms with Gasteiger partial charge in [-0.2, -0.15) is 0 Å². The fraction of sp³-hybridized carbons (Fsp3) is 0.286. The van der Waals surface area contributed by atoms with Crippen molar-refractivity contribution in [1.29, 1.82) is 0 Å². The van der Waals surface area contributed by atoms with Crippen LogP contribution in [0.2, 0.25) is 0 Å². The molecule has 1 fully saturated rings. The quantitative estimate of drug-likeness (QED) is 0.306. The molecule has 1 heterocycles. The van der Waals surface area contributed by atoms with E-state index in [0.717, 1.165) is 18.9 Å². The standard InChI is InChI=1S/C21H24N4.HI/c1-22-21(25-20-13-18(20)15-7-3-2-4-8-15)23-12-11-16-14-24-19-10-6-5-9-17(16)19;/h2-10,14,18,20,24H,11-13H2,1H3,(H2,22,23,25);1H. The van der Waals surface area contributed by atoms with Crippen LogP contribution in [-0.4, -0.2) is 30.6 Å². The van der Waals surface area contributed by atoms with Crippen molar-refractivity contribution in [3.8, 4) is 0 Å². The first-order valence-corrected chi connectivity index (χ1v) is 8.92. The molecule has 3 N–H and O–H groups in total. The van der Waals surface area contributed by atoms with Crippen molar-refractivity contribution in [2.24, 2.45) is 4.99 Å². The lowest BCUT2D eigenvalue weighted by Crippen LogP contribution is -2.39. The summed E-state index contributed by atoms with van der Waals surface area (Å²) < 4.78 is 0. The summed E-state index contributed by atoms with van der Waals surface area (Å²) in [7, 11) is 1.83. The number of aliphatic imine (C=N–C) groups is 1. The Morgan fingerprint density at radius 1 is 1.12 bits per heavy atom. The molecule has 4 rings (SSSR count). The lowest BCUT2D eigenvalue weighted by atomic mass is 10.1. The molecule has 1 saturated carbocycles. The Balaban J connectivity index is 0.00000196. The number of hydrogen-bond donors (Lipinski definition) is 3. The molecule has 1 aromatic heterocycles. The Hall–Kier alpha value is -2.02. The van der Waals surface area contributed by atoms with Gasteiger partial charge in [-0.1, -0.05) is 48.5 Å². The molecular weight excluding hydrogens is 435 g/mol. The zero-order valence-corrected chi connectivity index (χ0v) is 17.2. The van der Waals surface area contributed by atoms with Gasteiger partial charge in [0.2, 0.25) is 0 Å². The average molecular weight is 460 g/mol. The van der Waals surface area contributed by atoms with Crippen molar-refractivity contribution < 1.29 is 0 Å². The van der Waals surface area contributed by atoms with Gasteiger partial charge in [-0.25, -0.2) is 0 Å². The topological polar surface area (TPSA) is 52.2 Å². The van der Waals surface area contributed by atoms with Gasteiger partial charge >= 0.3 is 0 Å². The van der Waals surface area contributed by atoms with Gasteiger partial charge in [-0.15, -0.1) is 24.0 Å². The molecule has 5 heteroatoms. The third-order valence-corrected chi connectivity index (χ3v) is 4.93. The molecule has 3 aromatic rings. The maximum atomic E-state index is 4.36. The van der Waals surface area contributed by atoms with E-state index in [2.05, 4.69) is 81.4 Å². The molecule has 26 heavy (non-hydrogen) atoms.